The SMILES string of the molecule is COC(=O)c1ccccc1-c1nnccc1-c1c(O)ccc2ccccc12. The number of esters is 1. The van der Waals surface area contributed by atoms with Gasteiger partial charge in [-0.2, -0.15) is 5.10 Å². The van der Waals surface area contributed by atoms with E-state index >= 15 is 0 Å². The average molecular weight is 356 g/mol. The van der Waals surface area contributed by atoms with Gasteiger partial charge < -0.3 is 9.84 Å². The first-order valence-corrected chi connectivity index (χ1v) is 8.41. The van der Waals surface area contributed by atoms with Gasteiger partial charge in [0.15, 0.2) is 0 Å². The summed E-state index contributed by atoms with van der Waals surface area (Å²) >= 11 is 0. The highest BCUT2D eigenvalue weighted by Gasteiger charge is 2.20. The van der Waals surface area contributed by atoms with Crippen LogP contribution in [0.4, 0.5) is 0 Å². The third-order valence-electron chi connectivity index (χ3n) is 4.48. The number of rotatable bonds is 3. The van der Waals surface area contributed by atoms with Gasteiger partial charge >= 0.3 is 5.97 Å². The van der Waals surface area contributed by atoms with Crippen LogP contribution in [-0.2, 0) is 4.74 Å². The third kappa shape index (κ3) is 2.89. The van der Waals surface area contributed by atoms with Crippen molar-refractivity contribution in [2.45, 2.75) is 0 Å². The van der Waals surface area contributed by atoms with Gasteiger partial charge in [-0.15, -0.1) is 5.10 Å². The quantitative estimate of drug-likeness (QED) is 0.549. The number of carbonyl (C=O) groups is 1. The maximum absolute atomic E-state index is 12.2. The minimum atomic E-state index is -0.454. The lowest BCUT2D eigenvalue weighted by Crippen LogP contribution is -2.05. The van der Waals surface area contributed by atoms with E-state index in [0.29, 0.717) is 27.9 Å². The summed E-state index contributed by atoms with van der Waals surface area (Å²) in [6.07, 6.45) is 1.57. The Morgan fingerprint density at radius 1 is 0.926 bits per heavy atom. The molecule has 0 unspecified atom stereocenters. The number of fused-ring (bicyclic) bond motifs is 1. The van der Waals surface area contributed by atoms with Crippen molar-refractivity contribution in [2.24, 2.45) is 0 Å². The molecule has 1 N–H and O–H groups in total. The van der Waals surface area contributed by atoms with Crippen LogP contribution < -0.4 is 0 Å². The number of aromatic hydroxyl groups is 1. The molecule has 0 saturated carbocycles. The maximum Gasteiger partial charge on any atom is 0.338 e. The molecule has 0 fully saturated rings. The number of carbonyl (C=O) groups excluding carboxylic acids is 1. The van der Waals surface area contributed by atoms with Crippen LogP contribution in [0.15, 0.2) is 72.9 Å². The van der Waals surface area contributed by atoms with Crippen molar-refractivity contribution >= 4 is 16.7 Å². The zero-order valence-corrected chi connectivity index (χ0v) is 14.6. The maximum atomic E-state index is 12.2. The van der Waals surface area contributed by atoms with E-state index in [1.54, 1.807) is 36.5 Å². The Hall–Kier alpha value is -3.73. The molecule has 0 spiro atoms. The molecule has 132 valence electrons. The number of benzene rings is 3. The first kappa shape index (κ1) is 16.7. The van der Waals surface area contributed by atoms with Crippen molar-refractivity contribution < 1.29 is 14.6 Å². The van der Waals surface area contributed by atoms with E-state index in [-0.39, 0.29) is 5.75 Å². The van der Waals surface area contributed by atoms with E-state index in [2.05, 4.69) is 10.2 Å². The van der Waals surface area contributed by atoms with Crippen molar-refractivity contribution in [2.75, 3.05) is 7.11 Å². The molecule has 0 aliphatic carbocycles. The number of nitrogens with zero attached hydrogens (tertiary/aromatic N) is 2. The number of hydrogen-bond acceptors (Lipinski definition) is 5. The second-order valence-corrected chi connectivity index (χ2v) is 6.01. The van der Waals surface area contributed by atoms with Gasteiger partial charge in [0.1, 0.15) is 11.4 Å². The minimum Gasteiger partial charge on any atom is -0.507 e. The number of aromatic nitrogens is 2. The molecule has 0 atom stereocenters. The summed E-state index contributed by atoms with van der Waals surface area (Å²) in [6.45, 7) is 0. The summed E-state index contributed by atoms with van der Waals surface area (Å²) in [4.78, 5) is 12.2. The van der Waals surface area contributed by atoms with Crippen molar-refractivity contribution in [3.05, 3.63) is 78.5 Å². The van der Waals surface area contributed by atoms with Crippen LogP contribution in [-0.4, -0.2) is 28.4 Å². The number of methoxy groups -OCH3 is 1. The molecular formula is C22H16N2O3. The Balaban J connectivity index is 2.04. The van der Waals surface area contributed by atoms with Crippen molar-refractivity contribution in [1.82, 2.24) is 10.2 Å². The number of phenolic OH excluding ortho intramolecular Hbond substituents is 1. The molecule has 0 saturated heterocycles. The van der Waals surface area contributed by atoms with Crippen LogP contribution in [0.1, 0.15) is 10.4 Å². The molecular weight excluding hydrogens is 340 g/mol. The highest BCUT2D eigenvalue weighted by atomic mass is 16.5. The van der Waals surface area contributed by atoms with E-state index in [1.165, 1.54) is 7.11 Å². The summed E-state index contributed by atoms with van der Waals surface area (Å²) in [5.74, 6) is -0.317. The van der Waals surface area contributed by atoms with Crippen LogP contribution in [0.3, 0.4) is 0 Å². The van der Waals surface area contributed by atoms with Gasteiger partial charge in [-0.1, -0.05) is 48.5 Å². The first-order chi connectivity index (χ1) is 13.2. The van der Waals surface area contributed by atoms with Gasteiger partial charge in [0, 0.05) is 16.7 Å². The van der Waals surface area contributed by atoms with Crippen LogP contribution in [0.2, 0.25) is 0 Å². The number of phenols is 1. The Morgan fingerprint density at radius 2 is 1.70 bits per heavy atom. The highest BCUT2D eigenvalue weighted by Crippen LogP contribution is 2.40. The summed E-state index contributed by atoms with van der Waals surface area (Å²) in [5.41, 5.74) is 2.83. The summed E-state index contributed by atoms with van der Waals surface area (Å²) in [6, 6.07) is 20.2. The lowest BCUT2D eigenvalue weighted by atomic mass is 9.93. The van der Waals surface area contributed by atoms with Crippen molar-refractivity contribution in [3.63, 3.8) is 0 Å². The molecule has 0 aliphatic heterocycles. The zero-order chi connectivity index (χ0) is 18.8. The van der Waals surface area contributed by atoms with E-state index in [1.807, 2.05) is 36.4 Å². The zero-order valence-electron chi connectivity index (χ0n) is 14.6. The van der Waals surface area contributed by atoms with Gasteiger partial charge in [-0.05, 0) is 29.0 Å². The van der Waals surface area contributed by atoms with Gasteiger partial charge in [0.05, 0.1) is 18.9 Å². The second kappa shape index (κ2) is 6.88. The van der Waals surface area contributed by atoms with Gasteiger partial charge in [-0.3, -0.25) is 0 Å². The fraction of sp³-hybridized carbons (Fsp3) is 0.0455. The molecule has 0 aliphatic rings. The molecule has 0 bridgehead atoms. The van der Waals surface area contributed by atoms with E-state index in [9.17, 15) is 9.90 Å². The van der Waals surface area contributed by atoms with Gasteiger partial charge in [-0.25, -0.2) is 4.79 Å². The van der Waals surface area contributed by atoms with Crippen LogP contribution >= 0.6 is 0 Å². The highest BCUT2D eigenvalue weighted by molar-refractivity contribution is 6.04. The fourth-order valence-electron chi connectivity index (χ4n) is 3.25. The molecule has 0 amide bonds. The van der Waals surface area contributed by atoms with E-state index in [0.717, 1.165) is 10.8 Å². The summed E-state index contributed by atoms with van der Waals surface area (Å²) in [5, 5.41) is 20.8. The minimum absolute atomic E-state index is 0.137. The molecule has 5 nitrogen and oxygen atoms in total. The fourth-order valence-corrected chi connectivity index (χ4v) is 3.25. The molecule has 5 heteroatoms. The Kier molecular flexibility index (Phi) is 4.26. The topological polar surface area (TPSA) is 72.3 Å². The monoisotopic (exact) mass is 356 g/mol. The van der Waals surface area contributed by atoms with Gasteiger partial charge in [0.2, 0.25) is 0 Å². The summed E-state index contributed by atoms with van der Waals surface area (Å²) in [7, 11) is 1.34. The number of ether oxygens (including phenoxy) is 1. The van der Waals surface area contributed by atoms with Crippen molar-refractivity contribution in [3.8, 4) is 28.1 Å². The molecule has 1 heterocycles. The smallest absolute Gasteiger partial charge is 0.338 e. The standard InChI is InChI=1S/C22H16N2O3/c1-27-22(26)17-9-5-4-8-16(17)21-18(12-13-23-24-21)20-15-7-3-2-6-14(15)10-11-19(20)25/h2-13,25H,1H3. The normalized spacial score (nSPS) is 10.7. The predicted molar refractivity (Wildman–Crippen MR) is 103 cm³/mol. The third-order valence-corrected chi connectivity index (χ3v) is 4.48. The molecule has 4 aromatic rings. The summed E-state index contributed by atoms with van der Waals surface area (Å²) < 4.78 is 4.90. The van der Waals surface area contributed by atoms with Crippen LogP contribution in [0.25, 0.3) is 33.2 Å². The largest absolute Gasteiger partial charge is 0.507 e. The molecule has 4 rings (SSSR count). The average Bonchev–Trinajstić information content (AvgIpc) is 2.73. The van der Waals surface area contributed by atoms with Crippen molar-refractivity contribution in [1.29, 1.82) is 0 Å². The van der Waals surface area contributed by atoms with Gasteiger partial charge in [0.25, 0.3) is 0 Å². The van der Waals surface area contributed by atoms with E-state index < -0.39 is 5.97 Å². The predicted octanol–water partition coefficient (Wildman–Crippen LogP) is 4.46. The second-order valence-electron chi connectivity index (χ2n) is 6.01. The van der Waals surface area contributed by atoms with Crippen LogP contribution in [0.5, 0.6) is 5.75 Å². The molecule has 27 heavy (non-hydrogen) atoms. The lowest BCUT2D eigenvalue weighted by Gasteiger charge is -2.14. The van der Waals surface area contributed by atoms with E-state index in [4.69, 9.17) is 4.74 Å². The molecule has 1 aromatic heterocycles. The molecule has 0 radical (unpaired) electrons. The van der Waals surface area contributed by atoms with Crippen LogP contribution in [0, 0.1) is 0 Å². The lowest BCUT2D eigenvalue weighted by molar-refractivity contribution is 0.0601. The Morgan fingerprint density at radius 3 is 2.56 bits per heavy atom. The Labute approximate surface area is 155 Å². The first-order valence-electron chi connectivity index (χ1n) is 8.41. The molecule has 3 aromatic carbocycles. The Bertz CT molecular complexity index is 1160. The number of hydrogen-bond donors (Lipinski definition) is 1.